The van der Waals surface area contributed by atoms with E-state index in [1.807, 2.05) is 5.01 Å². The van der Waals surface area contributed by atoms with Crippen LogP contribution in [0.15, 0.2) is 28.5 Å². The number of carbonyl (C=O) groups excluding carboxylic acids is 2. The molecule has 0 spiro atoms. The number of hydrogen-bond acceptors (Lipinski definition) is 6. The molecule has 112 valence electrons. The highest BCUT2D eigenvalue weighted by atomic mass is 16.5. The van der Waals surface area contributed by atoms with Gasteiger partial charge in [-0.2, -0.15) is 0 Å². The summed E-state index contributed by atoms with van der Waals surface area (Å²) >= 11 is 0. The Balaban J connectivity index is 2.32. The number of carbonyl (C=O) groups is 2. The van der Waals surface area contributed by atoms with Crippen molar-refractivity contribution in [2.45, 2.75) is 12.8 Å². The first-order valence-corrected chi connectivity index (χ1v) is 6.63. The van der Waals surface area contributed by atoms with E-state index in [-0.39, 0.29) is 11.3 Å². The number of methoxy groups -OCH3 is 2. The van der Waals surface area contributed by atoms with Gasteiger partial charge in [-0.05, 0) is 31.0 Å². The topological polar surface area (TPSA) is 80.6 Å². The second-order valence-electron chi connectivity index (χ2n) is 4.57. The van der Waals surface area contributed by atoms with Gasteiger partial charge in [-0.25, -0.2) is 9.59 Å². The first-order valence-electron chi connectivity index (χ1n) is 6.63. The van der Waals surface area contributed by atoms with Gasteiger partial charge in [-0.15, -0.1) is 5.11 Å². The number of nitrogens with zero attached hydrogens (tertiary/aromatic N) is 3. The fourth-order valence-corrected chi connectivity index (χ4v) is 2.04. The Bertz CT molecular complexity index is 565. The van der Waals surface area contributed by atoms with Crippen molar-refractivity contribution in [3.8, 4) is 0 Å². The maximum Gasteiger partial charge on any atom is 0.340 e. The summed E-state index contributed by atoms with van der Waals surface area (Å²) in [4.78, 5) is 23.3. The Morgan fingerprint density at radius 1 is 1.10 bits per heavy atom. The van der Waals surface area contributed by atoms with Crippen LogP contribution in [0.25, 0.3) is 0 Å². The molecule has 0 aromatic heterocycles. The molecule has 1 aliphatic rings. The van der Waals surface area contributed by atoms with E-state index in [0.717, 1.165) is 25.9 Å². The Morgan fingerprint density at radius 3 is 2.38 bits per heavy atom. The van der Waals surface area contributed by atoms with Crippen molar-refractivity contribution in [1.82, 2.24) is 5.01 Å². The lowest BCUT2D eigenvalue weighted by Crippen LogP contribution is -2.10. The lowest BCUT2D eigenvalue weighted by atomic mass is 10.1. The number of esters is 2. The molecule has 21 heavy (non-hydrogen) atoms. The van der Waals surface area contributed by atoms with Crippen LogP contribution < -0.4 is 0 Å². The number of hydrogen-bond donors (Lipinski definition) is 0. The molecule has 1 heterocycles. The van der Waals surface area contributed by atoms with Crippen molar-refractivity contribution in [3.63, 3.8) is 0 Å². The highest BCUT2D eigenvalue weighted by molar-refractivity contribution is 5.98. The number of rotatable bonds is 4. The third-order valence-electron chi connectivity index (χ3n) is 3.19. The Labute approximate surface area is 122 Å². The van der Waals surface area contributed by atoms with Gasteiger partial charge in [-0.1, -0.05) is 5.22 Å². The maximum atomic E-state index is 11.7. The van der Waals surface area contributed by atoms with E-state index in [1.54, 1.807) is 0 Å². The van der Waals surface area contributed by atoms with Gasteiger partial charge in [-0.3, -0.25) is 5.01 Å². The van der Waals surface area contributed by atoms with E-state index in [4.69, 9.17) is 4.74 Å². The summed E-state index contributed by atoms with van der Waals surface area (Å²) in [5.74, 6) is -1.02. The van der Waals surface area contributed by atoms with Crippen LogP contribution in [0.4, 0.5) is 5.69 Å². The summed E-state index contributed by atoms with van der Waals surface area (Å²) in [6.45, 7) is 1.68. The molecule has 0 amide bonds. The fourth-order valence-electron chi connectivity index (χ4n) is 2.04. The third kappa shape index (κ3) is 3.56. The van der Waals surface area contributed by atoms with Crippen LogP contribution in [0.5, 0.6) is 0 Å². The smallest absolute Gasteiger partial charge is 0.340 e. The molecular formula is C14H17N3O4. The highest BCUT2D eigenvalue weighted by Gasteiger charge is 2.16. The molecule has 1 fully saturated rings. The predicted octanol–water partition coefficient (Wildman–Crippen LogP) is 2.35. The zero-order chi connectivity index (χ0) is 15.2. The van der Waals surface area contributed by atoms with Gasteiger partial charge >= 0.3 is 11.9 Å². The maximum absolute atomic E-state index is 11.7. The van der Waals surface area contributed by atoms with Gasteiger partial charge in [0.25, 0.3) is 0 Å². The van der Waals surface area contributed by atoms with Gasteiger partial charge in [0.05, 0.1) is 25.3 Å². The lowest BCUT2D eigenvalue weighted by Gasteiger charge is -2.09. The first kappa shape index (κ1) is 15.0. The quantitative estimate of drug-likeness (QED) is 0.628. The van der Waals surface area contributed by atoms with Crippen LogP contribution in [0.2, 0.25) is 0 Å². The van der Waals surface area contributed by atoms with Gasteiger partial charge in [0.15, 0.2) is 0 Å². The van der Waals surface area contributed by atoms with Crippen LogP contribution in [0.1, 0.15) is 33.6 Å². The Kier molecular flexibility index (Phi) is 4.86. The molecule has 7 nitrogen and oxygen atoms in total. The molecule has 1 aromatic rings. The standard InChI is InChI=1S/C14H17N3O4/c1-20-13(18)10-5-6-11(14(19)21-2)12(9-10)15-16-17-7-3-4-8-17/h5-6,9H,3-4,7-8H2,1-2H3. The number of ether oxygens (including phenoxy) is 2. The van der Waals surface area contributed by atoms with Gasteiger partial charge in [0.1, 0.15) is 5.69 Å². The van der Waals surface area contributed by atoms with Gasteiger partial charge in [0, 0.05) is 13.1 Å². The largest absolute Gasteiger partial charge is 0.465 e. The molecule has 0 aliphatic carbocycles. The van der Waals surface area contributed by atoms with Crippen molar-refractivity contribution in [2.75, 3.05) is 27.3 Å². The normalized spacial score (nSPS) is 14.5. The minimum absolute atomic E-state index is 0.257. The summed E-state index contributed by atoms with van der Waals surface area (Å²) in [7, 11) is 2.58. The summed E-state index contributed by atoms with van der Waals surface area (Å²) in [6.07, 6.45) is 2.15. The molecule has 0 radical (unpaired) electrons. The molecule has 7 heteroatoms. The van der Waals surface area contributed by atoms with E-state index >= 15 is 0 Å². The summed E-state index contributed by atoms with van der Waals surface area (Å²) in [6, 6.07) is 4.45. The van der Waals surface area contributed by atoms with Gasteiger partial charge < -0.3 is 9.47 Å². The highest BCUT2D eigenvalue weighted by Crippen LogP contribution is 2.24. The fraction of sp³-hybridized carbons (Fsp3) is 0.429. The van der Waals surface area contributed by atoms with Crippen molar-refractivity contribution in [2.24, 2.45) is 10.3 Å². The zero-order valence-electron chi connectivity index (χ0n) is 12.0. The molecule has 0 bridgehead atoms. The zero-order valence-corrected chi connectivity index (χ0v) is 12.0. The summed E-state index contributed by atoms with van der Waals surface area (Å²) in [5, 5.41) is 10.00. The molecule has 0 N–H and O–H groups in total. The minimum Gasteiger partial charge on any atom is -0.465 e. The Hall–Kier alpha value is -2.44. The minimum atomic E-state index is -0.526. The number of benzene rings is 1. The van der Waals surface area contributed by atoms with Crippen molar-refractivity contribution < 1.29 is 19.1 Å². The SMILES string of the molecule is COC(=O)c1ccc(C(=O)OC)c(N=NN2CCCC2)c1. The first-order chi connectivity index (χ1) is 10.2. The molecule has 0 saturated carbocycles. The second kappa shape index (κ2) is 6.83. The van der Waals surface area contributed by atoms with E-state index in [0.29, 0.717) is 5.56 Å². The van der Waals surface area contributed by atoms with Crippen LogP contribution in [-0.2, 0) is 9.47 Å². The average Bonchev–Trinajstić information content (AvgIpc) is 3.04. The molecule has 0 atom stereocenters. The van der Waals surface area contributed by atoms with E-state index in [1.165, 1.54) is 32.4 Å². The molecule has 1 aliphatic heterocycles. The lowest BCUT2D eigenvalue weighted by molar-refractivity contribution is 0.0587. The molecule has 1 aromatic carbocycles. The van der Waals surface area contributed by atoms with Crippen LogP contribution in [-0.4, -0.2) is 44.3 Å². The molecule has 0 unspecified atom stereocenters. The molecule has 2 rings (SSSR count). The van der Waals surface area contributed by atoms with Crippen molar-refractivity contribution in [1.29, 1.82) is 0 Å². The van der Waals surface area contributed by atoms with E-state index in [2.05, 4.69) is 15.1 Å². The Morgan fingerprint density at radius 2 is 1.76 bits per heavy atom. The monoisotopic (exact) mass is 291 g/mol. The van der Waals surface area contributed by atoms with Gasteiger partial charge in [0.2, 0.25) is 0 Å². The molecular weight excluding hydrogens is 274 g/mol. The van der Waals surface area contributed by atoms with Crippen LogP contribution >= 0.6 is 0 Å². The van der Waals surface area contributed by atoms with Crippen molar-refractivity contribution in [3.05, 3.63) is 29.3 Å². The summed E-state index contributed by atoms with van der Waals surface area (Å²) in [5.41, 5.74) is 0.852. The third-order valence-corrected chi connectivity index (χ3v) is 3.19. The average molecular weight is 291 g/mol. The molecule has 1 saturated heterocycles. The van der Waals surface area contributed by atoms with Crippen molar-refractivity contribution >= 4 is 17.6 Å². The predicted molar refractivity (Wildman–Crippen MR) is 74.4 cm³/mol. The van der Waals surface area contributed by atoms with E-state index < -0.39 is 11.9 Å². The summed E-state index contributed by atoms with van der Waals surface area (Å²) < 4.78 is 9.36. The van der Waals surface area contributed by atoms with Crippen LogP contribution in [0, 0.1) is 0 Å². The van der Waals surface area contributed by atoms with Crippen LogP contribution in [0.3, 0.4) is 0 Å². The van der Waals surface area contributed by atoms with E-state index in [9.17, 15) is 9.59 Å². The second-order valence-corrected chi connectivity index (χ2v) is 4.57.